The zero-order chi connectivity index (χ0) is 37.3. The average Bonchev–Trinajstić information content (AvgIpc) is 4.02. The molecule has 4 aliphatic rings. The number of ether oxygens (including phenoxy) is 3. The van der Waals surface area contributed by atoms with Crippen molar-refractivity contribution in [1.82, 2.24) is 34.2 Å². The monoisotopic (exact) mass is 743 g/mol. The Bertz CT molecular complexity index is 2190. The molecule has 0 N–H and O–H groups in total. The summed E-state index contributed by atoms with van der Waals surface area (Å²) < 4.78 is 50.4. The summed E-state index contributed by atoms with van der Waals surface area (Å²) in [6.45, 7) is 13.1. The predicted octanol–water partition coefficient (Wildman–Crippen LogP) is 5.40. The molecule has 2 saturated carbocycles. The van der Waals surface area contributed by atoms with E-state index in [-0.39, 0.29) is 29.8 Å². The molecule has 3 fully saturated rings. The van der Waals surface area contributed by atoms with E-state index in [9.17, 15) is 13.2 Å². The van der Waals surface area contributed by atoms with Crippen LogP contribution in [0.15, 0.2) is 35.4 Å². The fourth-order valence-electron chi connectivity index (χ4n) is 8.09. The minimum absolute atomic E-state index is 0.0420. The Morgan fingerprint density at radius 3 is 2.57 bits per heavy atom. The molecule has 1 aromatic carbocycles. The van der Waals surface area contributed by atoms with Crippen LogP contribution in [0, 0.1) is 26.2 Å². The standard InChI is InChI=1S/C39H49N7O6S/c1-24-19-32-36(41-35(24)51-18-17-44-15-7-8-16-44)52-39(13-14-39)23-45(53(32,48)49)22-28-20-27(21-40-26(28)3)33(38(4,5)37(47)50-6)30-11-12-31-34(25(30)2)42-43-46(31)29-9-10-29/h11-12,19-21,29,33H,7-10,13-18,22-23H2,1-6H3. The number of pyridine rings is 2. The minimum atomic E-state index is -4.04. The molecule has 13 nitrogen and oxygen atoms in total. The van der Waals surface area contributed by atoms with Crippen molar-refractivity contribution in [2.45, 2.75) is 102 Å². The van der Waals surface area contributed by atoms with E-state index in [2.05, 4.69) is 26.3 Å². The van der Waals surface area contributed by atoms with Crippen LogP contribution in [0.1, 0.15) is 97.8 Å². The maximum Gasteiger partial charge on any atom is 0.312 e. The minimum Gasteiger partial charge on any atom is -0.476 e. The van der Waals surface area contributed by atoms with Crippen molar-refractivity contribution < 1.29 is 27.4 Å². The summed E-state index contributed by atoms with van der Waals surface area (Å²) >= 11 is 0. The largest absolute Gasteiger partial charge is 0.476 e. The van der Waals surface area contributed by atoms with Crippen LogP contribution in [0.25, 0.3) is 11.0 Å². The van der Waals surface area contributed by atoms with Crippen molar-refractivity contribution in [3.8, 4) is 11.8 Å². The maximum absolute atomic E-state index is 14.5. The number of likely N-dealkylation sites (tertiary alicyclic amines) is 1. The first-order valence-electron chi connectivity index (χ1n) is 18.8. The molecule has 282 valence electrons. The molecule has 1 spiro atoms. The van der Waals surface area contributed by atoms with Gasteiger partial charge in [0.2, 0.25) is 21.8 Å². The van der Waals surface area contributed by atoms with Crippen molar-refractivity contribution in [3.05, 3.63) is 64.0 Å². The Morgan fingerprint density at radius 2 is 1.87 bits per heavy atom. The highest BCUT2D eigenvalue weighted by molar-refractivity contribution is 7.89. The smallest absolute Gasteiger partial charge is 0.312 e. The van der Waals surface area contributed by atoms with Crippen molar-refractivity contribution >= 4 is 27.0 Å². The van der Waals surface area contributed by atoms with Crippen LogP contribution in [0.3, 0.4) is 0 Å². The highest BCUT2D eigenvalue weighted by atomic mass is 32.2. The van der Waals surface area contributed by atoms with Crippen LogP contribution < -0.4 is 9.47 Å². The molecule has 5 heterocycles. The Kier molecular flexibility index (Phi) is 9.01. The summed E-state index contributed by atoms with van der Waals surface area (Å²) in [6, 6.07) is 8.09. The van der Waals surface area contributed by atoms with Gasteiger partial charge in [-0.25, -0.2) is 13.1 Å². The molecule has 1 saturated heterocycles. The van der Waals surface area contributed by atoms with Gasteiger partial charge in [-0.1, -0.05) is 17.3 Å². The number of rotatable bonds is 11. The van der Waals surface area contributed by atoms with Gasteiger partial charge < -0.3 is 14.2 Å². The number of benzene rings is 1. The van der Waals surface area contributed by atoms with Crippen LogP contribution in [-0.2, 0) is 26.1 Å². The van der Waals surface area contributed by atoms with Crippen molar-refractivity contribution in [1.29, 1.82) is 0 Å². The molecule has 0 radical (unpaired) electrons. The second kappa shape index (κ2) is 13.3. The van der Waals surface area contributed by atoms with Crippen molar-refractivity contribution in [2.24, 2.45) is 5.41 Å². The molecule has 0 amide bonds. The van der Waals surface area contributed by atoms with Gasteiger partial charge in [0.1, 0.15) is 22.6 Å². The lowest BCUT2D eigenvalue weighted by atomic mass is 9.70. The van der Waals surface area contributed by atoms with Gasteiger partial charge in [-0.2, -0.15) is 9.29 Å². The van der Waals surface area contributed by atoms with Crippen LogP contribution in [0.5, 0.6) is 11.8 Å². The van der Waals surface area contributed by atoms with E-state index < -0.39 is 27.0 Å². The normalized spacial score (nSPS) is 20.2. The summed E-state index contributed by atoms with van der Waals surface area (Å²) in [4.78, 5) is 25.3. The fraction of sp³-hybridized carbons (Fsp3) is 0.564. The quantitative estimate of drug-likeness (QED) is 0.182. The van der Waals surface area contributed by atoms with Gasteiger partial charge >= 0.3 is 5.97 Å². The van der Waals surface area contributed by atoms with Crippen molar-refractivity contribution in [3.63, 3.8) is 0 Å². The Hall–Kier alpha value is -4.14. The molecule has 0 bridgehead atoms. The van der Waals surface area contributed by atoms with Gasteiger partial charge in [-0.15, -0.1) is 5.10 Å². The Morgan fingerprint density at radius 1 is 1.11 bits per heavy atom. The van der Waals surface area contributed by atoms with E-state index in [1.165, 1.54) is 24.3 Å². The van der Waals surface area contributed by atoms with Gasteiger partial charge in [0.15, 0.2) is 0 Å². The highest BCUT2D eigenvalue weighted by Gasteiger charge is 2.53. The lowest BCUT2D eigenvalue weighted by Crippen LogP contribution is -2.38. The van der Waals surface area contributed by atoms with Gasteiger partial charge in [0.25, 0.3) is 0 Å². The highest BCUT2D eigenvalue weighted by Crippen LogP contribution is 2.48. The molecular weight excluding hydrogens is 695 g/mol. The van der Waals surface area contributed by atoms with Gasteiger partial charge in [0.05, 0.1) is 30.6 Å². The molecule has 53 heavy (non-hydrogen) atoms. The number of esters is 1. The summed E-state index contributed by atoms with van der Waals surface area (Å²) in [5.74, 6) is -0.349. The van der Waals surface area contributed by atoms with E-state index in [1.54, 1.807) is 12.3 Å². The summed E-state index contributed by atoms with van der Waals surface area (Å²) in [5, 5.41) is 9.02. The summed E-state index contributed by atoms with van der Waals surface area (Å²) in [7, 11) is -2.64. The van der Waals surface area contributed by atoms with E-state index in [0.29, 0.717) is 29.8 Å². The number of sulfonamides is 1. The van der Waals surface area contributed by atoms with Gasteiger partial charge in [0, 0.05) is 36.5 Å². The number of aromatic nitrogens is 5. The van der Waals surface area contributed by atoms with E-state index in [1.807, 2.05) is 51.4 Å². The number of methoxy groups -OCH3 is 1. The molecule has 2 aliphatic carbocycles. The maximum atomic E-state index is 14.5. The van der Waals surface area contributed by atoms with Gasteiger partial charge in [-0.3, -0.25) is 14.7 Å². The summed E-state index contributed by atoms with van der Waals surface area (Å²) in [5.41, 5.74) is 4.79. The third kappa shape index (κ3) is 6.56. The van der Waals surface area contributed by atoms with Crippen LogP contribution in [-0.4, -0.2) is 94.1 Å². The number of hydrogen-bond donors (Lipinski definition) is 0. The number of aryl methyl sites for hydroxylation is 3. The first kappa shape index (κ1) is 35.9. The lowest BCUT2D eigenvalue weighted by molar-refractivity contribution is -0.151. The first-order valence-corrected chi connectivity index (χ1v) is 20.2. The third-order valence-corrected chi connectivity index (χ3v) is 13.4. The number of nitrogens with zero attached hydrogens (tertiary/aromatic N) is 7. The average molecular weight is 744 g/mol. The Balaban J connectivity index is 1.14. The molecule has 8 rings (SSSR count). The lowest BCUT2D eigenvalue weighted by Gasteiger charge is -2.34. The second-order valence-electron chi connectivity index (χ2n) is 15.9. The van der Waals surface area contributed by atoms with Crippen LogP contribution in [0.2, 0.25) is 0 Å². The zero-order valence-corrected chi connectivity index (χ0v) is 32.3. The molecule has 2 aliphatic heterocycles. The third-order valence-electron chi connectivity index (χ3n) is 11.6. The van der Waals surface area contributed by atoms with E-state index in [0.717, 1.165) is 78.6 Å². The molecule has 3 aromatic heterocycles. The predicted molar refractivity (Wildman–Crippen MR) is 197 cm³/mol. The molecule has 14 heteroatoms. The molecule has 1 atom stereocenters. The topological polar surface area (TPSA) is 142 Å². The second-order valence-corrected chi connectivity index (χ2v) is 17.8. The van der Waals surface area contributed by atoms with Gasteiger partial charge in [-0.05, 0) is 121 Å². The molecule has 4 aromatic rings. The number of hydrogen-bond acceptors (Lipinski definition) is 11. The number of carbonyl (C=O) groups is 1. The SMILES string of the molecule is COC(=O)C(C)(C)C(c1cnc(C)c(CN2CC3(CC3)Oc3nc(OCCN4CCCC4)c(C)cc3S2(=O)=O)c1)c1ccc2c(nnn2C2CC2)c1C. The van der Waals surface area contributed by atoms with Crippen LogP contribution in [0.4, 0.5) is 0 Å². The molecule has 1 unspecified atom stereocenters. The van der Waals surface area contributed by atoms with Crippen molar-refractivity contribution in [2.75, 3.05) is 39.9 Å². The van der Waals surface area contributed by atoms with Crippen LogP contribution >= 0.6 is 0 Å². The summed E-state index contributed by atoms with van der Waals surface area (Å²) in [6.07, 6.45) is 7.81. The zero-order valence-electron chi connectivity index (χ0n) is 31.5. The molecular formula is C39H49N7O6S. The van der Waals surface area contributed by atoms with E-state index in [4.69, 9.17) is 19.2 Å². The fourth-order valence-corrected chi connectivity index (χ4v) is 9.71. The first-order chi connectivity index (χ1) is 25.3. The number of fused-ring (bicyclic) bond motifs is 2. The van der Waals surface area contributed by atoms with E-state index >= 15 is 0 Å². The Labute approximate surface area is 311 Å². The number of carbonyl (C=O) groups excluding carboxylic acids is 1.